The molecule has 102 valence electrons. The van der Waals surface area contributed by atoms with Crippen LogP contribution >= 0.6 is 11.3 Å². The lowest BCUT2D eigenvalue weighted by Gasteiger charge is -2.43. The highest BCUT2D eigenvalue weighted by Crippen LogP contribution is 2.42. The van der Waals surface area contributed by atoms with Crippen LogP contribution in [0, 0.1) is 5.92 Å². The molecule has 0 bridgehead atoms. The fourth-order valence-corrected chi connectivity index (χ4v) is 3.45. The lowest BCUT2D eigenvalue weighted by molar-refractivity contribution is -0.155. The van der Waals surface area contributed by atoms with Gasteiger partial charge >= 0.3 is 0 Å². The molecular weight excluding hydrogens is 260 g/mol. The summed E-state index contributed by atoms with van der Waals surface area (Å²) in [5, 5.41) is 4.93. The molecule has 1 aromatic rings. The van der Waals surface area contributed by atoms with Gasteiger partial charge in [-0.15, -0.1) is 11.3 Å². The van der Waals surface area contributed by atoms with Gasteiger partial charge in [-0.25, -0.2) is 0 Å². The third kappa shape index (κ3) is 2.06. The normalized spacial score (nSPS) is 31.5. The Balaban J connectivity index is 1.87. The van der Waals surface area contributed by atoms with Gasteiger partial charge in [-0.05, 0) is 44.1 Å². The van der Waals surface area contributed by atoms with Crippen LogP contribution in [0.15, 0.2) is 17.5 Å². The van der Waals surface area contributed by atoms with E-state index in [1.807, 2.05) is 24.4 Å². The number of nitrogens with one attached hydrogen (secondary N) is 1. The molecule has 2 atom stereocenters. The van der Waals surface area contributed by atoms with Crippen LogP contribution in [0.1, 0.15) is 31.6 Å². The highest BCUT2D eigenvalue weighted by atomic mass is 32.1. The largest absolute Gasteiger partial charge is 0.340 e. The van der Waals surface area contributed by atoms with E-state index in [0.717, 1.165) is 17.7 Å². The summed E-state index contributed by atoms with van der Waals surface area (Å²) in [6.45, 7) is 4.21. The zero-order valence-corrected chi connectivity index (χ0v) is 12.0. The van der Waals surface area contributed by atoms with Crippen LogP contribution in [0.4, 0.5) is 0 Å². The molecule has 1 aliphatic heterocycles. The van der Waals surface area contributed by atoms with Crippen LogP contribution in [-0.2, 0) is 16.1 Å². The molecular formula is C14H18N2O2S. The summed E-state index contributed by atoms with van der Waals surface area (Å²) in [7, 11) is 0. The van der Waals surface area contributed by atoms with E-state index in [1.165, 1.54) is 0 Å². The number of carbonyl (C=O) groups excluding carboxylic acids is 2. The second-order valence-electron chi connectivity index (χ2n) is 5.65. The summed E-state index contributed by atoms with van der Waals surface area (Å²) >= 11 is 1.62. The third-order valence-electron chi connectivity index (χ3n) is 4.24. The molecule has 5 heteroatoms. The quantitative estimate of drug-likeness (QED) is 0.916. The van der Waals surface area contributed by atoms with Gasteiger partial charge in [0.25, 0.3) is 0 Å². The Morgan fingerprint density at radius 3 is 2.79 bits per heavy atom. The van der Waals surface area contributed by atoms with Crippen molar-refractivity contribution < 1.29 is 9.59 Å². The van der Waals surface area contributed by atoms with Crippen molar-refractivity contribution in [2.75, 3.05) is 0 Å². The monoisotopic (exact) mass is 278 g/mol. The van der Waals surface area contributed by atoms with E-state index in [0.29, 0.717) is 12.5 Å². The molecule has 2 fully saturated rings. The zero-order valence-electron chi connectivity index (χ0n) is 11.2. The molecule has 3 rings (SSSR count). The Kier molecular flexibility index (Phi) is 2.89. The van der Waals surface area contributed by atoms with E-state index in [1.54, 1.807) is 23.2 Å². The standard InChI is InChI=1S/C14H18N2O2S/c1-9-12(17)15-14(2,10-5-6-10)13(18)16(9)8-11-4-3-7-19-11/h3-4,7,9-10H,5-6,8H2,1-2H3,(H,15,17). The topological polar surface area (TPSA) is 49.4 Å². The van der Waals surface area contributed by atoms with E-state index in [9.17, 15) is 9.59 Å². The molecule has 1 aliphatic carbocycles. The van der Waals surface area contributed by atoms with Crippen molar-refractivity contribution in [3.8, 4) is 0 Å². The van der Waals surface area contributed by atoms with Crippen molar-refractivity contribution in [1.82, 2.24) is 10.2 Å². The summed E-state index contributed by atoms with van der Waals surface area (Å²) in [5.74, 6) is 0.336. The number of nitrogens with zero attached hydrogens (tertiary/aromatic N) is 1. The number of piperazine rings is 1. The van der Waals surface area contributed by atoms with Crippen LogP contribution < -0.4 is 5.32 Å². The summed E-state index contributed by atoms with van der Waals surface area (Å²) < 4.78 is 0. The Bertz CT molecular complexity index is 510. The van der Waals surface area contributed by atoms with Gasteiger partial charge < -0.3 is 10.2 Å². The van der Waals surface area contributed by atoms with Crippen molar-refractivity contribution >= 4 is 23.2 Å². The predicted octanol–water partition coefficient (Wildman–Crippen LogP) is 1.76. The van der Waals surface area contributed by atoms with Crippen LogP contribution in [0.3, 0.4) is 0 Å². The van der Waals surface area contributed by atoms with Gasteiger partial charge in [0.1, 0.15) is 11.6 Å². The van der Waals surface area contributed by atoms with Crippen LogP contribution in [0.25, 0.3) is 0 Å². The van der Waals surface area contributed by atoms with Crippen LogP contribution in [-0.4, -0.2) is 28.3 Å². The van der Waals surface area contributed by atoms with Crippen molar-refractivity contribution in [1.29, 1.82) is 0 Å². The van der Waals surface area contributed by atoms with Crippen LogP contribution in [0.5, 0.6) is 0 Å². The third-order valence-corrected chi connectivity index (χ3v) is 5.10. The van der Waals surface area contributed by atoms with Gasteiger partial charge in [0.05, 0.1) is 6.54 Å². The molecule has 19 heavy (non-hydrogen) atoms. The second-order valence-corrected chi connectivity index (χ2v) is 6.69. The predicted molar refractivity (Wildman–Crippen MR) is 73.6 cm³/mol. The lowest BCUT2D eigenvalue weighted by Crippen LogP contribution is -2.69. The summed E-state index contributed by atoms with van der Waals surface area (Å²) in [6.07, 6.45) is 2.06. The lowest BCUT2D eigenvalue weighted by atomic mass is 9.89. The molecule has 1 saturated heterocycles. The maximum Gasteiger partial charge on any atom is 0.249 e. The first-order valence-corrected chi connectivity index (χ1v) is 7.56. The molecule has 2 aliphatic rings. The molecule has 2 unspecified atom stereocenters. The van der Waals surface area contributed by atoms with Crippen molar-refractivity contribution in [2.45, 2.75) is 44.8 Å². The van der Waals surface area contributed by atoms with Gasteiger partial charge in [0, 0.05) is 4.88 Å². The number of amides is 2. The van der Waals surface area contributed by atoms with Crippen molar-refractivity contribution in [3.05, 3.63) is 22.4 Å². The highest BCUT2D eigenvalue weighted by Gasteiger charge is 2.54. The molecule has 0 aromatic carbocycles. The molecule has 4 nitrogen and oxygen atoms in total. The number of rotatable bonds is 3. The highest BCUT2D eigenvalue weighted by molar-refractivity contribution is 7.09. The van der Waals surface area contributed by atoms with Gasteiger partial charge in [0.2, 0.25) is 11.8 Å². The Hall–Kier alpha value is -1.36. The number of thiophene rings is 1. The SMILES string of the molecule is CC1C(=O)NC(C)(C2CC2)C(=O)N1Cc1cccs1. The Labute approximate surface area is 116 Å². The fourth-order valence-electron chi connectivity index (χ4n) is 2.75. The molecule has 0 radical (unpaired) electrons. The second kappa shape index (κ2) is 4.34. The Morgan fingerprint density at radius 2 is 2.21 bits per heavy atom. The summed E-state index contributed by atoms with van der Waals surface area (Å²) in [4.78, 5) is 27.7. The van der Waals surface area contributed by atoms with Gasteiger partial charge in [-0.2, -0.15) is 0 Å². The molecule has 0 spiro atoms. The smallest absolute Gasteiger partial charge is 0.249 e. The maximum absolute atomic E-state index is 12.7. The van der Waals surface area contributed by atoms with Gasteiger partial charge in [-0.3, -0.25) is 9.59 Å². The first kappa shape index (κ1) is 12.7. The summed E-state index contributed by atoms with van der Waals surface area (Å²) in [6, 6.07) is 3.59. The van der Waals surface area contributed by atoms with E-state index in [2.05, 4.69) is 5.32 Å². The fraction of sp³-hybridized carbons (Fsp3) is 0.571. The van der Waals surface area contributed by atoms with Gasteiger partial charge in [0.15, 0.2) is 0 Å². The van der Waals surface area contributed by atoms with E-state index < -0.39 is 5.54 Å². The average molecular weight is 278 g/mol. The number of carbonyl (C=O) groups is 2. The summed E-state index contributed by atoms with van der Waals surface area (Å²) in [5.41, 5.74) is -0.694. The van der Waals surface area contributed by atoms with E-state index in [4.69, 9.17) is 0 Å². The molecule has 1 N–H and O–H groups in total. The molecule has 1 saturated carbocycles. The molecule has 2 amide bonds. The molecule has 2 heterocycles. The molecule has 1 aromatic heterocycles. The minimum atomic E-state index is -0.694. The average Bonchev–Trinajstić information content (AvgIpc) is 3.12. The van der Waals surface area contributed by atoms with E-state index in [-0.39, 0.29) is 17.9 Å². The maximum atomic E-state index is 12.7. The number of hydrogen-bond acceptors (Lipinski definition) is 3. The number of hydrogen-bond donors (Lipinski definition) is 1. The minimum Gasteiger partial charge on any atom is -0.340 e. The van der Waals surface area contributed by atoms with Gasteiger partial charge in [-0.1, -0.05) is 6.07 Å². The van der Waals surface area contributed by atoms with E-state index >= 15 is 0 Å². The first-order chi connectivity index (χ1) is 9.02. The minimum absolute atomic E-state index is 0.0365. The zero-order chi connectivity index (χ0) is 13.6. The first-order valence-electron chi connectivity index (χ1n) is 6.68. The Morgan fingerprint density at radius 1 is 1.47 bits per heavy atom. The van der Waals surface area contributed by atoms with Crippen molar-refractivity contribution in [2.24, 2.45) is 5.92 Å². The van der Waals surface area contributed by atoms with Crippen LogP contribution in [0.2, 0.25) is 0 Å². The van der Waals surface area contributed by atoms with Crippen molar-refractivity contribution in [3.63, 3.8) is 0 Å².